The zero-order chi connectivity index (χ0) is 22.7. The molecule has 1 atom stereocenters. The summed E-state index contributed by atoms with van der Waals surface area (Å²) in [6.45, 7) is 2.68. The molecule has 3 aromatic rings. The van der Waals surface area contributed by atoms with Gasteiger partial charge in [0.25, 0.3) is 0 Å². The van der Waals surface area contributed by atoms with E-state index in [9.17, 15) is 9.18 Å². The highest BCUT2D eigenvalue weighted by atomic mass is 19.1. The van der Waals surface area contributed by atoms with Crippen LogP contribution >= 0.6 is 0 Å². The van der Waals surface area contributed by atoms with E-state index in [1.807, 2.05) is 49.3 Å². The molecular weight excluding hydrogens is 405 g/mol. The molecule has 1 aliphatic rings. The summed E-state index contributed by atoms with van der Waals surface area (Å²) in [5.41, 5.74) is 4.50. The normalized spacial score (nSPS) is 16.1. The number of halogens is 1. The summed E-state index contributed by atoms with van der Waals surface area (Å²) in [5, 5.41) is 0. The van der Waals surface area contributed by atoms with E-state index in [1.165, 1.54) is 12.1 Å². The first kappa shape index (κ1) is 21.9. The third kappa shape index (κ3) is 4.61. The van der Waals surface area contributed by atoms with Gasteiger partial charge in [0.05, 0.1) is 18.2 Å². The topological polar surface area (TPSA) is 62.2 Å². The maximum atomic E-state index is 13.6. The fourth-order valence-corrected chi connectivity index (χ4v) is 4.28. The average Bonchev–Trinajstić information content (AvgIpc) is 2.79. The van der Waals surface area contributed by atoms with Gasteiger partial charge in [-0.1, -0.05) is 12.1 Å². The van der Waals surface area contributed by atoms with Crippen molar-refractivity contribution in [3.63, 3.8) is 0 Å². The lowest BCUT2D eigenvalue weighted by Crippen LogP contribution is -2.40. The van der Waals surface area contributed by atoms with Crippen molar-refractivity contribution in [2.24, 2.45) is 0 Å². The summed E-state index contributed by atoms with van der Waals surface area (Å²) in [6.07, 6.45) is 8.40. The summed E-state index contributed by atoms with van der Waals surface area (Å²) >= 11 is 0. The Morgan fingerprint density at radius 2 is 2.03 bits per heavy atom. The summed E-state index contributed by atoms with van der Waals surface area (Å²) in [6, 6.07) is 8.06. The van der Waals surface area contributed by atoms with Crippen molar-refractivity contribution in [2.75, 3.05) is 25.5 Å². The van der Waals surface area contributed by atoms with Gasteiger partial charge in [0.1, 0.15) is 5.82 Å². The van der Waals surface area contributed by atoms with E-state index in [4.69, 9.17) is 4.98 Å². The molecule has 166 valence electrons. The summed E-state index contributed by atoms with van der Waals surface area (Å²) in [4.78, 5) is 30.8. The van der Waals surface area contributed by atoms with Crippen molar-refractivity contribution in [1.29, 1.82) is 0 Å². The van der Waals surface area contributed by atoms with Crippen LogP contribution in [-0.4, -0.2) is 46.4 Å². The number of carbonyl (C=O) groups excluding carboxylic acids is 1. The molecule has 0 unspecified atom stereocenters. The smallest absolute Gasteiger partial charge is 0.227 e. The Morgan fingerprint density at radius 3 is 2.78 bits per heavy atom. The van der Waals surface area contributed by atoms with Crippen LogP contribution in [0.1, 0.15) is 42.1 Å². The van der Waals surface area contributed by atoms with Crippen molar-refractivity contribution in [3.8, 4) is 11.1 Å². The van der Waals surface area contributed by atoms with Gasteiger partial charge in [-0.05, 0) is 61.1 Å². The first-order valence-electron chi connectivity index (χ1n) is 10.9. The summed E-state index contributed by atoms with van der Waals surface area (Å²) in [5.74, 6) is 0.272. The fourth-order valence-electron chi connectivity index (χ4n) is 4.28. The molecule has 0 bridgehead atoms. The monoisotopic (exact) mass is 433 g/mol. The number of likely N-dealkylation sites (tertiary alicyclic amines) is 1. The van der Waals surface area contributed by atoms with Gasteiger partial charge in [-0.3, -0.25) is 9.78 Å². The van der Waals surface area contributed by atoms with Crippen LogP contribution in [0.15, 0.2) is 48.9 Å². The van der Waals surface area contributed by atoms with E-state index < -0.39 is 0 Å². The quantitative estimate of drug-likeness (QED) is 0.599. The zero-order valence-corrected chi connectivity index (χ0v) is 18.8. The van der Waals surface area contributed by atoms with Crippen LogP contribution in [0.4, 0.5) is 10.3 Å². The Morgan fingerprint density at radius 1 is 1.19 bits per heavy atom. The highest BCUT2D eigenvalue weighted by Crippen LogP contribution is 2.37. The maximum absolute atomic E-state index is 13.6. The number of aryl methyl sites for hydroxylation is 1. The number of carbonyl (C=O) groups is 1. The van der Waals surface area contributed by atoms with Crippen molar-refractivity contribution < 1.29 is 9.18 Å². The number of pyridine rings is 1. The molecule has 1 fully saturated rings. The Labute approximate surface area is 188 Å². The van der Waals surface area contributed by atoms with Crippen LogP contribution < -0.4 is 4.90 Å². The molecule has 1 aliphatic heterocycles. The molecule has 0 N–H and O–H groups in total. The Hall–Kier alpha value is -3.35. The number of nitrogens with zero attached hydrogens (tertiary/aromatic N) is 5. The minimum atomic E-state index is -0.327. The van der Waals surface area contributed by atoms with Crippen LogP contribution in [-0.2, 0) is 11.2 Å². The Kier molecular flexibility index (Phi) is 6.44. The van der Waals surface area contributed by atoms with Crippen LogP contribution in [0.25, 0.3) is 11.1 Å². The second-order valence-corrected chi connectivity index (χ2v) is 8.46. The lowest BCUT2D eigenvalue weighted by molar-refractivity contribution is -0.134. The molecule has 1 amide bonds. The van der Waals surface area contributed by atoms with E-state index in [0.717, 1.165) is 41.6 Å². The Balaban J connectivity index is 1.74. The van der Waals surface area contributed by atoms with Crippen LogP contribution in [0, 0.1) is 12.7 Å². The van der Waals surface area contributed by atoms with Crippen molar-refractivity contribution >= 4 is 11.9 Å². The van der Waals surface area contributed by atoms with Gasteiger partial charge in [-0.15, -0.1) is 0 Å². The van der Waals surface area contributed by atoms with Gasteiger partial charge < -0.3 is 9.80 Å². The molecule has 4 rings (SSSR count). The standard InChI is InChI=1S/C25H28FN5O/c1-17-15-27-11-10-20(17)21-16-28-25(30(2)3)29-24(21)22-9-4-5-12-31(22)23(32)14-18-7-6-8-19(26)13-18/h6-8,10-11,13,15-16,22H,4-5,9,12,14H2,1-3H3/t22-/m1/s1. The lowest BCUT2D eigenvalue weighted by atomic mass is 9.92. The molecular formula is C25H28FN5O. The molecule has 1 saturated heterocycles. The van der Waals surface area contributed by atoms with Gasteiger partial charge in [0.15, 0.2) is 0 Å². The number of aromatic nitrogens is 3. The van der Waals surface area contributed by atoms with E-state index in [0.29, 0.717) is 18.1 Å². The number of hydrogen-bond acceptors (Lipinski definition) is 5. The van der Waals surface area contributed by atoms with E-state index in [2.05, 4.69) is 9.97 Å². The predicted octanol–water partition coefficient (Wildman–Crippen LogP) is 4.35. The van der Waals surface area contributed by atoms with Crippen molar-refractivity contribution in [2.45, 2.75) is 38.6 Å². The lowest BCUT2D eigenvalue weighted by Gasteiger charge is -2.36. The van der Waals surface area contributed by atoms with Crippen molar-refractivity contribution in [1.82, 2.24) is 19.9 Å². The van der Waals surface area contributed by atoms with Crippen LogP contribution in [0.2, 0.25) is 0 Å². The largest absolute Gasteiger partial charge is 0.347 e. The fraction of sp³-hybridized carbons (Fsp3) is 0.360. The number of piperidine rings is 1. The predicted molar refractivity (Wildman–Crippen MR) is 123 cm³/mol. The first-order chi connectivity index (χ1) is 15.4. The highest BCUT2D eigenvalue weighted by molar-refractivity contribution is 5.80. The number of anilines is 1. The molecule has 0 saturated carbocycles. The summed E-state index contributed by atoms with van der Waals surface area (Å²) < 4.78 is 13.6. The molecule has 3 heterocycles. The second kappa shape index (κ2) is 9.42. The van der Waals surface area contributed by atoms with E-state index in [1.54, 1.807) is 18.3 Å². The molecule has 7 heteroatoms. The van der Waals surface area contributed by atoms with Crippen molar-refractivity contribution in [3.05, 3.63) is 71.6 Å². The zero-order valence-electron chi connectivity index (χ0n) is 18.8. The molecule has 0 radical (unpaired) electrons. The number of amides is 1. The first-order valence-corrected chi connectivity index (χ1v) is 10.9. The third-order valence-electron chi connectivity index (χ3n) is 5.90. The molecule has 32 heavy (non-hydrogen) atoms. The van der Waals surface area contributed by atoms with E-state index in [-0.39, 0.29) is 24.2 Å². The molecule has 6 nitrogen and oxygen atoms in total. The van der Waals surface area contributed by atoms with Crippen LogP contribution in [0.3, 0.4) is 0 Å². The summed E-state index contributed by atoms with van der Waals surface area (Å²) in [7, 11) is 3.81. The molecule has 1 aromatic carbocycles. The minimum Gasteiger partial charge on any atom is -0.347 e. The van der Waals surface area contributed by atoms with E-state index >= 15 is 0 Å². The number of benzene rings is 1. The molecule has 2 aromatic heterocycles. The SMILES string of the molecule is Cc1cnccc1-c1cnc(N(C)C)nc1[C@H]1CCCCN1C(=O)Cc1cccc(F)c1. The molecule has 0 aliphatic carbocycles. The highest BCUT2D eigenvalue weighted by Gasteiger charge is 2.32. The average molecular weight is 434 g/mol. The van der Waals surface area contributed by atoms with Crippen LogP contribution in [0.5, 0.6) is 0 Å². The van der Waals surface area contributed by atoms with Gasteiger partial charge >= 0.3 is 0 Å². The number of rotatable bonds is 5. The minimum absolute atomic E-state index is 0.0114. The van der Waals surface area contributed by atoms with Gasteiger partial charge in [0.2, 0.25) is 11.9 Å². The van der Waals surface area contributed by atoms with Gasteiger partial charge in [0, 0.05) is 44.8 Å². The third-order valence-corrected chi connectivity index (χ3v) is 5.90. The van der Waals surface area contributed by atoms with Gasteiger partial charge in [-0.2, -0.15) is 0 Å². The number of hydrogen-bond donors (Lipinski definition) is 0. The van der Waals surface area contributed by atoms with Gasteiger partial charge in [-0.25, -0.2) is 14.4 Å². The second-order valence-electron chi connectivity index (χ2n) is 8.46. The molecule has 0 spiro atoms. The Bertz CT molecular complexity index is 1120. The maximum Gasteiger partial charge on any atom is 0.227 e.